The predicted octanol–water partition coefficient (Wildman–Crippen LogP) is 4.51. The molecule has 0 spiro atoms. The van der Waals surface area contributed by atoms with Crippen molar-refractivity contribution in [2.24, 2.45) is 0 Å². The molecule has 0 aliphatic heterocycles. The van der Waals surface area contributed by atoms with E-state index in [0.717, 1.165) is 5.56 Å². The third-order valence-corrected chi connectivity index (χ3v) is 3.85. The van der Waals surface area contributed by atoms with E-state index < -0.39 is 5.91 Å². The Morgan fingerprint density at radius 1 is 1.24 bits per heavy atom. The molecule has 0 aromatic heterocycles. The molecule has 25 heavy (non-hydrogen) atoms. The summed E-state index contributed by atoms with van der Waals surface area (Å²) in [6.07, 6.45) is 1.35. The maximum Gasteiger partial charge on any atom is 0.267 e. The summed E-state index contributed by atoms with van der Waals surface area (Å²) in [5.41, 5.74) is 1.91. The summed E-state index contributed by atoms with van der Waals surface area (Å²) < 4.78 is 5.50. The Morgan fingerprint density at radius 2 is 1.96 bits per heavy atom. The number of ether oxygens (including phenoxy) is 1. The van der Waals surface area contributed by atoms with E-state index in [4.69, 9.17) is 16.3 Å². The molecule has 0 radical (unpaired) electrons. The van der Waals surface area contributed by atoms with Gasteiger partial charge in [0.25, 0.3) is 5.91 Å². The molecule has 2 aromatic rings. The van der Waals surface area contributed by atoms with E-state index >= 15 is 0 Å². The highest BCUT2D eigenvalue weighted by Crippen LogP contribution is 2.25. The third kappa shape index (κ3) is 4.75. The molecule has 1 amide bonds. The van der Waals surface area contributed by atoms with Gasteiger partial charge in [-0.25, -0.2) is 0 Å². The Labute approximate surface area is 151 Å². The van der Waals surface area contributed by atoms with Crippen LogP contribution >= 0.6 is 11.6 Å². The molecule has 0 saturated heterocycles. The molecular weight excluding hydrogens is 338 g/mol. The van der Waals surface area contributed by atoms with Crippen molar-refractivity contribution in [2.75, 3.05) is 17.2 Å². The molecule has 128 valence electrons. The lowest BCUT2D eigenvalue weighted by Crippen LogP contribution is -2.15. The Morgan fingerprint density at radius 3 is 2.68 bits per heavy atom. The number of anilines is 2. The fourth-order valence-electron chi connectivity index (χ4n) is 2.10. The molecule has 0 aliphatic rings. The molecule has 6 heteroatoms. The summed E-state index contributed by atoms with van der Waals surface area (Å²) >= 11 is 6.04. The molecule has 2 aromatic carbocycles. The van der Waals surface area contributed by atoms with Crippen LogP contribution in [0.4, 0.5) is 11.4 Å². The van der Waals surface area contributed by atoms with Crippen molar-refractivity contribution >= 4 is 28.9 Å². The number of nitrogens with one attached hydrogen (secondary N) is 2. The van der Waals surface area contributed by atoms with Crippen LogP contribution in [0.2, 0.25) is 5.02 Å². The van der Waals surface area contributed by atoms with Crippen LogP contribution in [0.25, 0.3) is 0 Å². The van der Waals surface area contributed by atoms with Gasteiger partial charge < -0.3 is 15.4 Å². The number of nitriles is 1. The van der Waals surface area contributed by atoms with Gasteiger partial charge in [-0.05, 0) is 43.7 Å². The van der Waals surface area contributed by atoms with Crippen molar-refractivity contribution in [3.8, 4) is 11.8 Å². The molecule has 0 bridgehead atoms. The zero-order chi connectivity index (χ0) is 18.2. The second-order valence-electron chi connectivity index (χ2n) is 5.11. The average molecular weight is 356 g/mol. The zero-order valence-corrected chi connectivity index (χ0v) is 14.7. The van der Waals surface area contributed by atoms with Gasteiger partial charge in [0.1, 0.15) is 17.4 Å². The van der Waals surface area contributed by atoms with Gasteiger partial charge in [0, 0.05) is 16.9 Å². The molecule has 0 saturated carbocycles. The van der Waals surface area contributed by atoms with E-state index in [2.05, 4.69) is 10.6 Å². The molecular formula is C19H18ClN3O2. The Hall–Kier alpha value is -2.97. The summed E-state index contributed by atoms with van der Waals surface area (Å²) in [6, 6.07) is 14.4. The minimum absolute atomic E-state index is 0.0642. The quantitative estimate of drug-likeness (QED) is 0.590. The largest absolute Gasteiger partial charge is 0.492 e. The highest BCUT2D eigenvalue weighted by molar-refractivity contribution is 6.31. The lowest BCUT2D eigenvalue weighted by atomic mass is 10.2. The molecule has 0 atom stereocenters. The molecule has 0 aliphatic carbocycles. The Bertz CT molecular complexity index is 841. The number of benzene rings is 2. The number of carbonyl (C=O) groups is 1. The second kappa shape index (κ2) is 8.76. The lowest BCUT2D eigenvalue weighted by molar-refractivity contribution is -0.112. The van der Waals surface area contributed by atoms with Crippen LogP contribution in [0, 0.1) is 18.3 Å². The number of hydrogen-bond acceptors (Lipinski definition) is 4. The van der Waals surface area contributed by atoms with Crippen molar-refractivity contribution < 1.29 is 9.53 Å². The Kier molecular flexibility index (Phi) is 6.44. The van der Waals surface area contributed by atoms with E-state index in [1.807, 2.05) is 25.1 Å². The molecule has 2 rings (SSSR count). The maximum atomic E-state index is 12.3. The highest BCUT2D eigenvalue weighted by Gasteiger charge is 2.12. The predicted molar refractivity (Wildman–Crippen MR) is 99.7 cm³/mol. The van der Waals surface area contributed by atoms with Gasteiger partial charge in [-0.3, -0.25) is 4.79 Å². The maximum absolute atomic E-state index is 12.3. The van der Waals surface area contributed by atoms with Crippen molar-refractivity contribution in [1.29, 1.82) is 5.26 Å². The van der Waals surface area contributed by atoms with Gasteiger partial charge in [0.15, 0.2) is 0 Å². The standard InChI is InChI=1S/C19H18ClN3O2/c1-3-25-18-10-5-4-8-17(18)22-12-14(11-21)19(24)23-16-9-6-7-15(20)13(16)2/h4-10,12,22H,3H2,1-2H3,(H,23,24)/b14-12-. The van der Waals surface area contributed by atoms with Crippen molar-refractivity contribution in [3.63, 3.8) is 0 Å². The summed E-state index contributed by atoms with van der Waals surface area (Å²) in [5, 5.41) is 15.5. The van der Waals surface area contributed by atoms with Crippen LogP contribution in [0.3, 0.4) is 0 Å². The average Bonchev–Trinajstić information content (AvgIpc) is 2.61. The third-order valence-electron chi connectivity index (χ3n) is 3.44. The number of rotatable bonds is 6. The Balaban J connectivity index is 2.16. The first-order valence-corrected chi connectivity index (χ1v) is 8.09. The van der Waals surface area contributed by atoms with Gasteiger partial charge in [0.2, 0.25) is 0 Å². The first kappa shape index (κ1) is 18.4. The number of nitrogens with zero attached hydrogens (tertiary/aromatic N) is 1. The van der Waals surface area contributed by atoms with Crippen molar-refractivity contribution in [1.82, 2.24) is 0 Å². The highest BCUT2D eigenvalue weighted by atomic mass is 35.5. The van der Waals surface area contributed by atoms with Gasteiger partial charge in [-0.2, -0.15) is 5.26 Å². The normalized spacial score (nSPS) is 10.7. The smallest absolute Gasteiger partial charge is 0.267 e. The number of carbonyl (C=O) groups excluding carboxylic acids is 1. The molecule has 0 unspecified atom stereocenters. The van der Waals surface area contributed by atoms with Gasteiger partial charge in [0.05, 0.1) is 12.3 Å². The lowest BCUT2D eigenvalue weighted by Gasteiger charge is -2.11. The number of para-hydroxylation sites is 2. The van der Waals surface area contributed by atoms with Crippen LogP contribution in [0.15, 0.2) is 54.2 Å². The van der Waals surface area contributed by atoms with Crippen LogP contribution in [0.1, 0.15) is 12.5 Å². The van der Waals surface area contributed by atoms with E-state index in [9.17, 15) is 10.1 Å². The monoisotopic (exact) mass is 355 g/mol. The van der Waals surface area contributed by atoms with Crippen molar-refractivity contribution in [2.45, 2.75) is 13.8 Å². The van der Waals surface area contributed by atoms with Gasteiger partial charge >= 0.3 is 0 Å². The van der Waals surface area contributed by atoms with Gasteiger partial charge in [-0.15, -0.1) is 0 Å². The molecule has 5 nitrogen and oxygen atoms in total. The minimum atomic E-state index is -0.519. The van der Waals surface area contributed by atoms with Gasteiger partial charge in [-0.1, -0.05) is 29.8 Å². The van der Waals surface area contributed by atoms with E-state index in [0.29, 0.717) is 28.8 Å². The topological polar surface area (TPSA) is 74.1 Å². The fourth-order valence-corrected chi connectivity index (χ4v) is 2.27. The number of amides is 1. The first-order chi connectivity index (χ1) is 12.1. The van der Waals surface area contributed by atoms with E-state index in [-0.39, 0.29) is 5.57 Å². The molecule has 2 N–H and O–H groups in total. The fraction of sp³-hybridized carbons (Fsp3) is 0.158. The molecule has 0 heterocycles. The number of halogens is 1. The van der Waals surface area contributed by atoms with Crippen molar-refractivity contribution in [3.05, 3.63) is 64.8 Å². The summed E-state index contributed by atoms with van der Waals surface area (Å²) in [4.78, 5) is 12.3. The SMILES string of the molecule is CCOc1ccccc1N/C=C(/C#N)C(=O)Nc1cccc(Cl)c1C. The minimum Gasteiger partial charge on any atom is -0.492 e. The second-order valence-corrected chi connectivity index (χ2v) is 5.52. The van der Waals surface area contributed by atoms with Crippen LogP contribution < -0.4 is 15.4 Å². The van der Waals surface area contributed by atoms with Crippen LogP contribution in [-0.2, 0) is 4.79 Å². The van der Waals surface area contributed by atoms with E-state index in [1.54, 1.807) is 37.3 Å². The molecule has 0 fully saturated rings. The summed E-state index contributed by atoms with van der Waals surface area (Å²) in [6.45, 7) is 4.19. The zero-order valence-electron chi connectivity index (χ0n) is 14.0. The van der Waals surface area contributed by atoms with E-state index in [1.165, 1.54) is 6.20 Å². The number of hydrogen-bond donors (Lipinski definition) is 2. The summed E-state index contributed by atoms with van der Waals surface area (Å²) in [7, 11) is 0. The van der Waals surface area contributed by atoms with Crippen LogP contribution in [-0.4, -0.2) is 12.5 Å². The summed E-state index contributed by atoms with van der Waals surface area (Å²) in [5.74, 6) is 0.124. The van der Waals surface area contributed by atoms with Crippen LogP contribution in [0.5, 0.6) is 5.75 Å². The first-order valence-electron chi connectivity index (χ1n) is 7.72.